The second-order valence-electron chi connectivity index (χ2n) is 13.5. The summed E-state index contributed by atoms with van der Waals surface area (Å²) in [7, 11) is 1.48. The predicted octanol–water partition coefficient (Wildman–Crippen LogP) is -6.99. The minimum Gasteiger partial charge on any atom is -0.497 e. The van der Waals surface area contributed by atoms with Crippen molar-refractivity contribution in [3.63, 3.8) is 0 Å². The Kier molecular flexibility index (Phi) is 14.2. The summed E-state index contributed by atoms with van der Waals surface area (Å²) in [6.07, 6.45) is -22.1. The van der Waals surface area contributed by atoms with Crippen LogP contribution in [0.1, 0.15) is 6.42 Å². The van der Waals surface area contributed by atoms with Crippen molar-refractivity contribution in [3.05, 3.63) is 24.3 Å². The monoisotopic (exact) mass is 764 g/mol. The quantitative estimate of drug-likeness (QED) is 0.0940. The maximum Gasteiger partial charge on any atom is 0.319 e. The van der Waals surface area contributed by atoms with Crippen LogP contribution >= 0.6 is 0 Å². The summed E-state index contributed by atoms with van der Waals surface area (Å²) >= 11 is 0. The Morgan fingerprint density at radius 3 is 1.92 bits per heavy atom. The molecule has 4 fully saturated rings. The molecule has 0 radical (unpaired) electrons. The van der Waals surface area contributed by atoms with E-state index in [1.807, 2.05) is 0 Å². The average molecular weight is 765 g/mol. The van der Waals surface area contributed by atoms with E-state index in [0.29, 0.717) is 11.4 Å². The van der Waals surface area contributed by atoms with Crippen molar-refractivity contribution >= 4 is 11.7 Å². The van der Waals surface area contributed by atoms with Crippen molar-refractivity contribution in [3.8, 4) is 5.75 Å². The summed E-state index contributed by atoms with van der Waals surface area (Å²) in [6.45, 7) is -1.69. The third kappa shape index (κ3) is 9.01. The zero-order valence-corrected chi connectivity index (χ0v) is 28.8. The van der Waals surface area contributed by atoms with Crippen molar-refractivity contribution in [2.24, 2.45) is 22.9 Å². The van der Waals surface area contributed by atoms with E-state index < -0.39 is 136 Å². The summed E-state index contributed by atoms with van der Waals surface area (Å²) in [5.74, 6) is 0.542. The number of ether oxygens (including phenoxy) is 7. The average Bonchev–Trinajstić information content (AvgIpc) is 3.44. The Balaban J connectivity index is 1.32. The number of hydrogen-bond acceptors (Lipinski definition) is 20. The number of nitrogens with one attached hydrogen (secondary N) is 2. The van der Waals surface area contributed by atoms with Gasteiger partial charge in [-0.3, -0.25) is 0 Å². The molecule has 3 aliphatic heterocycles. The fraction of sp³-hybridized carbons (Fsp3) is 0.774. The van der Waals surface area contributed by atoms with Crippen LogP contribution in [0.4, 0.5) is 10.5 Å². The lowest BCUT2D eigenvalue weighted by molar-refractivity contribution is -0.310. The standard InChI is InChI=1S/C31H52N6O16/c1-47-11-4-2-10(3-5-11)36-31(46)37-18-23(44)20(41)14(7-32)48-29(18)52-26-16(9-39)50-30(24(26)45)53-27-19(40)12(33)6-13(34)25(27)51-28-17(35)22(43)21(42)15(8-38)49-28/h2-5,12-30,38-45H,6-9,32-35H2,1H3,(H2,36,37,46)/t12-,13+,14+,15-,16-,17-,18-,19+,20-,21-,22-,23-,24-,25-,26-,27-,28-,29-,30+/m1/s1. The van der Waals surface area contributed by atoms with Gasteiger partial charge in [-0.1, -0.05) is 0 Å². The molecule has 0 aromatic heterocycles. The van der Waals surface area contributed by atoms with Gasteiger partial charge in [0.2, 0.25) is 0 Å². The van der Waals surface area contributed by atoms with Crippen molar-refractivity contribution in [2.75, 3.05) is 32.2 Å². The van der Waals surface area contributed by atoms with Crippen molar-refractivity contribution in [2.45, 2.75) is 123 Å². The molecule has 22 nitrogen and oxygen atoms in total. The number of urea groups is 1. The van der Waals surface area contributed by atoms with Crippen LogP contribution in [-0.4, -0.2) is 190 Å². The second-order valence-corrected chi connectivity index (χ2v) is 13.5. The van der Waals surface area contributed by atoms with Gasteiger partial charge in [0.25, 0.3) is 0 Å². The van der Waals surface area contributed by atoms with Crippen LogP contribution in [-0.2, 0) is 28.4 Å². The van der Waals surface area contributed by atoms with Crippen LogP contribution in [0, 0.1) is 0 Å². The molecule has 1 aliphatic carbocycles. The van der Waals surface area contributed by atoms with E-state index in [2.05, 4.69) is 10.6 Å². The fourth-order valence-corrected chi connectivity index (χ4v) is 6.82. The van der Waals surface area contributed by atoms with E-state index in [-0.39, 0.29) is 13.0 Å². The number of benzene rings is 1. The minimum atomic E-state index is -1.74. The third-order valence-electron chi connectivity index (χ3n) is 9.92. The van der Waals surface area contributed by atoms with E-state index in [4.69, 9.17) is 56.1 Å². The van der Waals surface area contributed by atoms with Crippen LogP contribution in [0.3, 0.4) is 0 Å². The molecule has 0 spiro atoms. The number of carbonyl (C=O) groups is 1. The molecule has 5 rings (SSSR count). The fourth-order valence-electron chi connectivity index (χ4n) is 6.82. The zero-order chi connectivity index (χ0) is 38.7. The predicted molar refractivity (Wildman–Crippen MR) is 177 cm³/mol. The molecule has 2 amide bonds. The molecular weight excluding hydrogens is 712 g/mol. The van der Waals surface area contributed by atoms with Crippen LogP contribution < -0.4 is 38.3 Å². The number of anilines is 1. The van der Waals surface area contributed by atoms with Gasteiger partial charge in [0.05, 0.1) is 32.5 Å². The molecular formula is C31H52N6O16. The molecule has 53 heavy (non-hydrogen) atoms. The molecule has 1 aromatic rings. The van der Waals surface area contributed by atoms with Crippen molar-refractivity contribution in [1.82, 2.24) is 5.32 Å². The summed E-state index contributed by atoms with van der Waals surface area (Å²) in [5.41, 5.74) is 24.7. The largest absolute Gasteiger partial charge is 0.497 e. The summed E-state index contributed by atoms with van der Waals surface area (Å²) in [4.78, 5) is 13.0. The molecule has 3 heterocycles. The van der Waals surface area contributed by atoms with Gasteiger partial charge in [0.15, 0.2) is 18.9 Å². The zero-order valence-electron chi connectivity index (χ0n) is 28.8. The van der Waals surface area contributed by atoms with Crippen LogP contribution in [0.5, 0.6) is 5.75 Å². The number of hydrogen-bond donors (Lipinski definition) is 14. The van der Waals surface area contributed by atoms with Gasteiger partial charge in [-0.05, 0) is 30.7 Å². The van der Waals surface area contributed by atoms with E-state index in [1.54, 1.807) is 24.3 Å². The highest BCUT2D eigenvalue weighted by Crippen LogP contribution is 2.34. The number of rotatable bonds is 12. The van der Waals surface area contributed by atoms with Crippen LogP contribution in [0.15, 0.2) is 24.3 Å². The van der Waals surface area contributed by atoms with Gasteiger partial charge >= 0.3 is 6.03 Å². The number of nitrogens with two attached hydrogens (primary N) is 4. The summed E-state index contributed by atoms with van der Waals surface area (Å²) < 4.78 is 40.3. The molecule has 4 aliphatic rings. The van der Waals surface area contributed by atoms with Gasteiger partial charge in [-0.15, -0.1) is 0 Å². The Morgan fingerprint density at radius 2 is 1.30 bits per heavy atom. The third-order valence-corrected chi connectivity index (χ3v) is 9.92. The number of amides is 2. The van der Waals surface area contributed by atoms with E-state index >= 15 is 0 Å². The first kappa shape index (κ1) is 41.7. The SMILES string of the molecule is COc1ccc(NC(=O)N[C@H]2[C@@H](O[C@H]3[C@@H](O)[C@H](O[C@@H]4[C@@H](O)[C@H](N)C[C@H](N)[C@H]4O[C@H]4O[C@H](CO)[C@@H](O)[C@H](O)[C@H]4N)O[C@@H]3CO)O[C@@H](CN)[C@@H](O)[C@@H]2O)cc1. The maximum absolute atomic E-state index is 13.0. The molecule has 19 atom stereocenters. The minimum absolute atomic E-state index is 0.0251. The Hall–Kier alpha value is -2.43. The highest BCUT2D eigenvalue weighted by atomic mass is 16.8. The lowest BCUT2D eigenvalue weighted by Gasteiger charge is -2.47. The van der Waals surface area contributed by atoms with Gasteiger partial charge in [0, 0.05) is 24.3 Å². The van der Waals surface area contributed by atoms with E-state index in [9.17, 15) is 45.6 Å². The Labute approximate surface area is 303 Å². The van der Waals surface area contributed by atoms with E-state index in [1.165, 1.54) is 7.11 Å². The van der Waals surface area contributed by atoms with Gasteiger partial charge in [0.1, 0.15) is 78.9 Å². The number of aliphatic hydroxyl groups excluding tert-OH is 8. The maximum atomic E-state index is 13.0. The first-order chi connectivity index (χ1) is 25.2. The molecule has 1 saturated carbocycles. The topological polar surface area (TPSA) is 372 Å². The lowest BCUT2D eigenvalue weighted by Crippen LogP contribution is -2.68. The molecule has 0 unspecified atom stereocenters. The first-order valence-corrected chi connectivity index (χ1v) is 17.1. The lowest BCUT2D eigenvalue weighted by atomic mass is 9.84. The second kappa shape index (κ2) is 18.0. The van der Waals surface area contributed by atoms with Crippen molar-refractivity contribution < 1.29 is 78.8 Å². The van der Waals surface area contributed by atoms with Crippen molar-refractivity contribution in [1.29, 1.82) is 0 Å². The molecule has 302 valence electrons. The molecule has 1 aromatic carbocycles. The Morgan fingerprint density at radius 1 is 0.717 bits per heavy atom. The smallest absolute Gasteiger partial charge is 0.319 e. The Bertz CT molecular complexity index is 1320. The summed E-state index contributed by atoms with van der Waals surface area (Å²) in [6, 6.07) is 0.859. The normalized spacial score (nSPS) is 44.7. The first-order valence-electron chi connectivity index (χ1n) is 17.1. The molecule has 22 heteroatoms. The van der Waals surface area contributed by atoms with Gasteiger partial charge < -0.3 is 108 Å². The highest BCUT2D eigenvalue weighted by molar-refractivity contribution is 5.89. The number of methoxy groups -OCH3 is 1. The van der Waals surface area contributed by atoms with Gasteiger partial charge in [-0.25, -0.2) is 4.79 Å². The summed E-state index contributed by atoms with van der Waals surface area (Å²) in [5, 5.41) is 89.8. The highest BCUT2D eigenvalue weighted by Gasteiger charge is 2.55. The van der Waals surface area contributed by atoms with Crippen LogP contribution in [0.2, 0.25) is 0 Å². The molecule has 3 saturated heterocycles. The van der Waals surface area contributed by atoms with Crippen LogP contribution in [0.25, 0.3) is 0 Å². The molecule has 0 bridgehead atoms. The molecule has 18 N–H and O–H groups in total. The van der Waals surface area contributed by atoms with E-state index in [0.717, 1.165) is 0 Å². The van der Waals surface area contributed by atoms with Gasteiger partial charge in [-0.2, -0.15) is 0 Å². The number of carbonyl (C=O) groups excluding carboxylic acids is 1. The number of aliphatic hydroxyl groups is 8.